The van der Waals surface area contributed by atoms with Crippen LogP contribution in [0.3, 0.4) is 0 Å². The van der Waals surface area contributed by atoms with Crippen LogP contribution in [0.15, 0.2) is 12.5 Å². The summed E-state index contributed by atoms with van der Waals surface area (Å²) in [4.78, 5) is 13.1. The summed E-state index contributed by atoms with van der Waals surface area (Å²) in [5, 5.41) is 0.538. The molecule has 0 aliphatic heterocycles. The molecular formula is C13H17ClN4. The molecule has 0 amide bonds. The minimum atomic E-state index is 0.322. The Balaban J connectivity index is 2.55. The molecule has 0 fully saturated rings. The van der Waals surface area contributed by atoms with Crippen molar-refractivity contribution in [2.45, 2.75) is 40.2 Å². The van der Waals surface area contributed by atoms with Crippen molar-refractivity contribution in [2.75, 3.05) is 0 Å². The third-order valence-electron chi connectivity index (χ3n) is 2.95. The number of nitrogens with zero attached hydrogens (tertiary/aromatic N) is 4. The van der Waals surface area contributed by atoms with Crippen molar-refractivity contribution >= 4 is 11.6 Å². The maximum Gasteiger partial charge on any atom is 0.179 e. The topological polar surface area (TPSA) is 43.6 Å². The van der Waals surface area contributed by atoms with Crippen molar-refractivity contribution in [1.29, 1.82) is 0 Å². The van der Waals surface area contributed by atoms with E-state index in [0.29, 0.717) is 16.9 Å². The molecule has 18 heavy (non-hydrogen) atoms. The molecule has 2 heterocycles. The van der Waals surface area contributed by atoms with Gasteiger partial charge in [0.15, 0.2) is 5.82 Å². The van der Waals surface area contributed by atoms with E-state index >= 15 is 0 Å². The predicted octanol–water partition coefficient (Wildman–Crippen LogP) is 3.45. The minimum absolute atomic E-state index is 0.322. The van der Waals surface area contributed by atoms with Crippen molar-refractivity contribution < 1.29 is 0 Å². The lowest BCUT2D eigenvalue weighted by atomic mass is 10.0. The molecule has 2 aromatic rings. The Labute approximate surface area is 112 Å². The zero-order valence-electron chi connectivity index (χ0n) is 11.1. The van der Waals surface area contributed by atoms with Gasteiger partial charge in [0.25, 0.3) is 0 Å². The Bertz CT molecular complexity index is 537. The molecule has 0 bridgehead atoms. The normalized spacial score (nSPS) is 11.2. The number of aryl methyl sites for hydroxylation is 2. The van der Waals surface area contributed by atoms with Crippen LogP contribution in [0.5, 0.6) is 0 Å². The maximum atomic E-state index is 6.26. The molecule has 0 saturated carbocycles. The Hall–Kier alpha value is -1.42. The highest BCUT2D eigenvalue weighted by Gasteiger charge is 2.15. The van der Waals surface area contributed by atoms with E-state index in [2.05, 4.69) is 35.7 Å². The van der Waals surface area contributed by atoms with E-state index in [1.54, 1.807) is 12.5 Å². The standard InChI is InChI=1S/C13H17ClN4/c1-5-18-7-15-6-10(18)13-16-9(4)11(8(2)3)12(14)17-13/h6-8H,5H2,1-4H3. The molecule has 0 unspecified atom stereocenters. The van der Waals surface area contributed by atoms with Crippen molar-refractivity contribution in [3.63, 3.8) is 0 Å². The quantitative estimate of drug-likeness (QED) is 0.798. The van der Waals surface area contributed by atoms with Gasteiger partial charge in [-0.05, 0) is 19.8 Å². The number of halogens is 1. The molecule has 0 atom stereocenters. The van der Waals surface area contributed by atoms with E-state index in [9.17, 15) is 0 Å². The van der Waals surface area contributed by atoms with Crippen molar-refractivity contribution in [2.24, 2.45) is 0 Å². The first-order valence-corrected chi connectivity index (χ1v) is 6.46. The SMILES string of the molecule is CCn1cncc1-c1nc(C)c(C(C)C)c(Cl)n1. The summed E-state index contributed by atoms with van der Waals surface area (Å²) < 4.78 is 2.00. The highest BCUT2D eigenvalue weighted by molar-refractivity contribution is 6.30. The lowest BCUT2D eigenvalue weighted by Crippen LogP contribution is -2.04. The molecule has 0 saturated heterocycles. The lowest BCUT2D eigenvalue weighted by Gasteiger charge is -2.12. The maximum absolute atomic E-state index is 6.26. The lowest BCUT2D eigenvalue weighted by molar-refractivity contribution is 0.760. The summed E-state index contributed by atoms with van der Waals surface area (Å²) in [6, 6.07) is 0. The Morgan fingerprint density at radius 1 is 1.33 bits per heavy atom. The van der Waals surface area contributed by atoms with Crippen LogP contribution in [0.4, 0.5) is 0 Å². The van der Waals surface area contributed by atoms with E-state index in [1.807, 2.05) is 11.5 Å². The van der Waals surface area contributed by atoms with Gasteiger partial charge in [-0.25, -0.2) is 15.0 Å². The molecular weight excluding hydrogens is 248 g/mol. The van der Waals surface area contributed by atoms with Gasteiger partial charge in [-0.1, -0.05) is 25.4 Å². The van der Waals surface area contributed by atoms with E-state index in [-0.39, 0.29) is 0 Å². The van der Waals surface area contributed by atoms with Crippen LogP contribution in [-0.2, 0) is 6.54 Å². The summed E-state index contributed by atoms with van der Waals surface area (Å²) in [6.45, 7) is 9.05. The second-order valence-electron chi connectivity index (χ2n) is 4.56. The second-order valence-corrected chi connectivity index (χ2v) is 4.91. The van der Waals surface area contributed by atoms with Crippen LogP contribution in [0.25, 0.3) is 11.5 Å². The first-order chi connectivity index (χ1) is 8.54. The van der Waals surface area contributed by atoms with Crippen LogP contribution in [0, 0.1) is 6.92 Å². The molecule has 4 nitrogen and oxygen atoms in total. The van der Waals surface area contributed by atoms with E-state index in [4.69, 9.17) is 11.6 Å². The van der Waals surface area contributed by atoms with Crippen LogP contribution < -0.4 is 0 Å². The van der Waals surface area contributed by atoms with Gasteiger partial charge >= 0.3 is 0 Å². The fourth-order valence-corrected chi connectivity index (χ4v) is 2.51. The minimum Gasteiger partial charge on any atom is -0.328 e. The van der Waals surface area contributed by atoms with E-state index < -0.39 is 0 Å². The number of hydrogen-bond acceptors (Lipinski definition) is 3. The first-order valence-electron chi connectivity index (χ1n) is 6.09. The van der Waals surface area contributed by atoms with Gasteiger partial charge in [0, 0.05) is 17.8 Å². The molecule has 0 aliphatic rings. The molecule has 2 rings (SSSR count). The zero-order chi connectivity index (χ0) is 13.3. The fraction of sp³-hybridized carbons (Fsp3) is 0.462. The molecule has 0 aliphatic carbocycles. The van der Waals surface area contributed by atoms with Crippen LogP contribution >= 0.6 is 11.6 Å². The van der Waals surface area contributed by atoms with E-state index in [0.717, 1.165) is 23.5 Å². The molecule has 0 radical (unpaired) electrons. The summed E-state index contributed by atoms with van der Waals surface area (Å²) >= 11 is 6.26. The van der Waals surface area contributed by atoms with Crippen LogP contribution in [-0.4, -0.2) is 19.5 Å². The number of imidazole rings is 1. The third kappa shape index (κ3) is 2.25. The third-order valence-corrected chi connectivity index (χ3v) is 3.24. The van der Waals surface area contributed by atoms with Gasteiger partial charge in [0.2, 0.25) is 0 Å². The van der Waals surface area contributed by atoms with Crippen LogP contribution in [0.2, 0.25) is 5.15 Å². The van der Waals surface area contributed by atoms with Gasteiger partial charge in [0.1, 0.15) is 10.8 Å². The molecule has 5 heteroatoms. The zero-order valence-corrected chi connectivity index (χ0v) is 11.9. The van der Waals surface area contributed by atoms with Crippen LogP contribution in [0.1, 0.15) is 37.9 Å². The summed E-state index contributed by atoms with van der Waals surface area (Å²) in [6.07, 6.45) is 3.54. The van der Waals surface area contributed by atoms with Crippen molar-refractivity contribution in [3.05, 3.63) is 28.9 Å². The average molecular weight is 265 g/mol. The summed E-state index contributed by atoms with van der Waals surface area (Å²) in [5.41, 5.74) is 2.85. The molecule has 2 aromatic heterocycles. The molecule has 96 valence electrons. The Morgan fingerprint density at radius 2 is 2.06 bits per heavy atom. The Kier molecular flexibility index (Phi) is 3.66. The molecule has 0 N–H and O–H groups in total. The van der Waals surface area contributed by atoms with Crippen molar-refractivity contribution in [1.82, 2.24) is 19.5 Å². The smallest absolute Gasteiger partial charge is 0.179 e. The molecule has 0 aromatic carbocycles. The predicted molar refractivity (Wildman–Crippen MR) is 72.8 cm³/mol. The van der Waals surface area contributed by atoms with Gasteiger partial charge in [0.05, 0.1) is 12.5 Å². The summed E-state index contributed by atoms with van der Waals surface area (Å²) in [7, 11) is 0. The highest BCUT2D eigenvalue weighted by atomic mass is 35.5. The largest absolute Gasteiger partial charge is 0.328 e. The highest BCUT2D eigenvalue weighted by Crippen LogP contribution is 2.27. The monoisotopic (exact) mass is 264 g/mol. The number of hydrogen-bond donors (Lipinski definition) is 0. The number of rotatable bonds is 3. The second kappa shape index (κ2) is 5.06. The first kappa shape index (κ1) is 13.0. The number of aromatic nitrogens is 4. The fourth-order valence-electron chi connectivity index (χ4n) is 2.08. The van der Waals surface area contributed by atoms with Crippen molar-refractivity contribution in [3.8, 4) is 11.5 Å². The van der Waals surface area contributed by atoms with Gasteiger partial charge in [-0.15, -0.1) is 0 Å². The summed E-state index contributed by atoms with van der Waals surface area (Å²) in [5.74, 6) is 0.962. The van der Waals surface area contributed by atoms with E-state index in [1.165, 1.54) is 0 Å². The van der Waals surface area contributed by atoms with Gasteiger partial charge in [-0.3, -0.25) is 0 Å². The average Bonchev–Trinajstić information content (AvgIpc) is 2.75. The van der Waals surface area contributed by atoms with Gasteiger partial charge < -0.3 is 4.57 Å². The van der Waals surface area contributed by atoms with Gasteiger partial charge in [-0.2, -0.15) is 0 Å². The molecule has 0 spiro atoms. The Morgan fingerprint density at radius 3 is 2.61 bits per heavy atom.